The molecule has 0 radical (unpaired) electrons. The van der Waals surface area contributed by atoms with Gasteiger partial charge in [-0.3, -0.25) is 4.79 Å². The van der Waals surface area contributed by atoms with E-state index in [1.807, 2.05) is 0 Å². The van der Waals surface area contributed by atoms with E-state index in [0.717, 1.165) is 6.54 Å². The number of nitrogens with one attached hydrogen (secondary N) is 1. The van der Waals surface area contributed by atoms with Gasteiger partial charge in [0.25, 0.3) is 0 Å². The van der Waals surface area contributed by atoms with Crippen LogP contribution in [0.25, 0.3) is 0 Å². The molecule has 2 aliphatic rings. The van der Waals surface area contributed by atoms with E-state index in [1.165, 1.54) is 32.1 Å². The molecular weight excluding hydrogens is 188 g/mol. The monoisotopic (exact) mass is 210 g/mol. The fraction of sp³-hybridized carbons (Fsp3) is 0.917. The standard InChI is InChI=1S/C12H22N2O/c1-12(5-2-6-12)8-14-11(15)7-10(13)9-3-4-9/h9-10H,2-8,13H2,1H3,(H,14,15). The molecule has 0 spiro atoms. The highest BCUT2D eigenvalue weighted by molar-refractivity contribution is 5.76. The number of rotatable bonds is 5. The van der Waals surface area contributed by atoms with Crippen LogP contribution in [0, 0.1) is 11.3 Å². The van der Waals surface area contributed by atoms with Crippen LogP contribution >= 0.6 is 0 Å². The van der Waals surface area contributed by atoms with Gasteiger partial charge in [0.15, 0.2) is 0 Å². The van der Waals surface area contributed by atoms with Gasteiger partial charge >= 0.3 is 0 Å². The average Bonchev–Trinajstić information content (AvgIpc) is 2.94. The van der Waals surface area contributed by atoms with Gasteiger partial charge in [-0.1, -0.05) is 13.3 Å². The van der Waals surface area contributed by atoms with Crippen molar-refractivity contribution in [2.75, 3.05) is 6.54 Å². The zero-order valence-electron chi connectivity index (χ0n) is 9.59. The maximum atomic E-state index is 11.6. The third-order valence-electron chi connectivity index (χ3n) is 3.92. The summed E-state index contributed by atoms with van der Waals surface area (Å²) in [5, 5.41) is 3.02. The summed E-state index contributed by atoms with van der Waals surface area (Å²) in [6.07, 6.45) is 6.76. The Morgan fingerprint density at radius 1 is 1.53 bits per heavy atom. The summed E-state index contributed by atoms with van der Waals surface area (Å²) >= 11 is 0. The summed E-state index contributed by atoms with van der Waals surface area (Å²) < 4.78 is 0. The molecule has 0 bridgehead atoms. The van der Waals surface area contributed by atoms with E-state index in [-0.39, 0.29) is 11.9 Å². The van der Waals surface area contributed by atoms with Gasteiger partial charge in [-0.2, -0.15) is 0 Å². The van der Waals surface area contributed by atoms with E-state index in [1.54, 1.807) is 0 Å². The smallest absolute Gasteiger partial charge is 0.221 e. The Bertz CT molecular complexity index is 244. The highest BCUT2D eigenvalue weighted by Gasteiger charge is 2.33. The topological polar surface area (TPSA) is 55.1 Å². The third kappa shape index (κ3) is 2.94. The fourth-order valence-corrected chi connectivity index (χ4v) is 2.25. The minimum Gasteiger partial charge on any atom is -0.356 e. The van der Waals surface area contributed by atoms with E-state index >= 15 is 0 Å². The number of amides is 1. The highest BCUT2D eigenvalue weighted by atomic mass is 16.1. The van der Waals surface area contributed by atoms with Crippen molar-refractivity contribution < 1.29 is 4.79 Å². The van der Waals surface area contributed by atoms with Crippen LogP contribution in [0.5, 0.6) is 0 Å². The van der Waals surface area contributed by atoms with Crippen molar-refractivity contribution in [2.24, 2.45) is 17.1 Å². The van der Waals surface area contributed by atoms with E-state index in [2.05, 4.69) is 12.2 Å². The average molecular weight is 210 g/mol. The Morgan fingerprint density at radius 2 is 2.20 bits per heavy atom. The predicted molar refractivity (Wildman–Crippen MR) is 60.3 cm³/mol. The number of carbonyl (C=O) groups is 1. The molecule has 3 heteroatoms. The first-order valence-electron chi connectivity index (χ1n) is 6.11. The molecule has 1 unspecified atom stereocenters. The van der Waals surface area contributed by atoms with Crippen LogP contribution in [-0.4, -0.2) is 18.5 Å². The van der Waals surface area contributed by atoms with Gasteiger partial charge in [0.2, 0.25) is 5.91 Å². The molecule has 0 aromatic heterocycles. The molecule has 2 rings (SSSR count). The van der Waals surface area contributed by atoms with Gasteiger partial charge in [-0.15, -0.1) is 0 Å². The molecule has 2 fully saturated rings. The van der Waals surface area contributed by atoms with Crippen molar-refractivity contribution in [1.82, 2.24) is 5.32 Å². The van der Waals surface area contributed by atoms with Crippen LogP contribution in [0.15, 0.2) is 0 Å². The zero-order valence-corrected chi connectivity index (χ0v) is 9.59. The van der Waals surface area contributed by atoms with Gasteiger partial charge in [0, 0.05) is 19.0 Å². The number of hydrogen-bond acceptors (Lipinski definition) is 2. The molecule has 0 saturated heterocycles. The van der Waals surface area contributed by atoms with Crippen LogP contribution in [0.1, 0.15) is 45.4 Å². The lowest BCUT2D eigenvalue weighted by Crippen LogP contribution is -2.41. The van der Waals surface area contributed by atoms with E-state index in [9.17, 15) is 4.79 Å². The molecule has 1 amide bonds. The van der Waals surface area contributed by atoms with Crippen molar-refractivity contribution >= 4 is 5.91 Å². The van der Waals surface area contributed by atoms with Gasteiger partial charge in [0.1, 0.15) is 0 Å². The minimum absolute atomic E-state index is 0.0965. The van der Waals surface area contributed by atoms with Crippen molar-refractivity contribution in [3.63, 3.8) is 0 Å². The fourth-order valence-electron chi connectivity index (χ4n) is 2.25. The van der Waals surface area contributed by atoms with E-state index in [0.29, 0.717) is 17.8 Å². The lowest BCUT2D eigenvalue weighted by Gasteiger charge is -2.38. The minimum atomic E-state index is 0.0965. The van der Waals surface area contributed by atoms with Crippen molar-refractivity contribution in [1.29, 1.82) is 0 Å². The van der Waals surface area contributed by atoms with Gasteiger partial charge in [0.05, 0.1) is 0 Å². The second-order valence-corrected chi connectivity index (χ2v) is 5.65. The lowest BCUT2D eigenvalue weighted by molar-refractivity contribution is -0.122. The number of carbonyl (C=O) groups excluding carboxylic acids is 1. The summed E-state index contributed by atoms with van der Waals surface area (Å²) in [4.78, 5) is 11.6. The molecule has 1 atom stereocenters. The van der Waals surface area contributed by atoms with Crippen LogP contribution in [0.4, 0.5) is 0 Å². The molecule has 3 nitrogen and oxygen atoms in total. The Hall–Kier alpha value is -0.570. The molecule has 0 heterocycles. The first kappa shape index (κ1) is 10.9. The predicted octanol–water partition coefficient (Wildman–Crippen LogP) is 1.42. The lowest BCUT2D eigenvalue weighted by atomic mass is 9.70. The van der Waals surface area contributed by atoms with E-state index in [4.69, 9.17) is 5.73 Å². The van der Waals surface area contributed by atoms with Gasteiger partial charge in [-0.05, 0) is 37.0 Å². The first-order valence-corrected chi connectivity index (χ1v) is 6.11. The highest BCUT2D eigenvalue weighted by Crippen LogP contribution is 2.39. The SMILES string of the molecule is CC1(CNC(=O)CC(N)C2CC2)CCC1. The van der Waals surface area contributed by atoms with Crippen LogP contribution in [0.3, 0.4) is 0 Å². The summed E-state index contributed by atoms with van der Waals surface area (Å²) in [7, 11) is 0. The molecule has 3 N–H and O–H groups in total. The molecule has 2 aliphatic carbocycles. The quantitative estimate of drug-likeness (QED) is 0.721. The summed E-state index contributed by atoms with van der Waals surface area (Å²) in [5.41, 5.74) is 6.28. The van der Waals surface area contributed by atoms with Gasteiger partial charge in [-0.25, -0.2) is 0 Å². The zero-order chi connectivity index (χ0) is 10.9. The molecule has 0 aromatic carbocycles. The van der Waals surface area contributed by atoms with Crippen LogP contribution in [0.2, 0.25) is 0 Å². The third-order valence-corrected chi connectivity index (χ3v) is 3.92. The Balaban J connectivity index is 1.63. The number of nitrogens with two attached hydrogens (primary N) is 1. The summed E-state index contributed by atoms with van der Waals surface area (Å²) in [5.74, 6) is 0.762. The molecular formula is C12H22N2O. The van der Waals surface area contributed by atoms with Gasteiger partial charge < -0.3 is 11.1 Å². The molecule has 2 saturated carbocycles. The molecule has 0 aromatic rings. The summed E-state index contributed by atoms with van der Waals surface area (Å²) in [6, 6.07) is 0.0965. The Kier molecular flexibility index (Phi) is 3.01. The molecule has 15 heavy (non-hydrogen) atoms. The van der Waals surface area contributed by atoms with Crippen molar-refractivity contribution in [3.05, 3.63) is 0 Å². The van der Waals surface area contributed by atoms with E-state index < -0.39 is 0 Å². The van der Waals surface area contributed by atoms with Crippen LogP contribution < -0.4 is 11.1 Å². The second-order valence-electron chi connectivity index (χ2n) is 5.65. The summed E-state index contributed by atoms with van der Waals surface area (Å²) in [6.45, 7) is 3.08. The van der Waals surface area contributed by atoms with Crippen LogP contribution in [-0.2, 0) is 4.79 Å². The Morgan fingerprint density at radius 3 is 2.67 bits per heavy atom. The van der Waals surface area contributed by atoms with Crippen molar-refractivity contribution in [3.8, 4) is 0 Å². The normalized spacial score (nSPS) is 25.5. The maximum absolute atomic E-state index is 11.6. The molecule has 86 valence electrons. The molecule has 0 aliphatic heterocycles. The Labute approximate surface area is 91.8 Å². The number of hydrogen-bond donors (Lipinski definition) is 2. The maximum Gasteiger partial charge on any atom is 0.221 e. The largest absolute Gasteiger partial charge is 0.356 e. The second kappa shape index (κ2) is 4.12. The van der Waals surface area contributed by atoms with Crippen molar-refractivity contribution in [2.45, 2.75) is 51.5 Å². The first-order chi connectivity index (χ1) is 7.09.